The molecule has 2 aromatic rings. The van der Waals surface area contributed by atoms with Crippen molar-refractivity contribution in [3.63, 3.8) is 0 Å². The number of nitrogens with zero attached hydrogens (tertiary/aromatic N) is 1. The molecule has 20 nitrogen and oxygen atoms in total. The zero-order chi connectivity index (χ0) is 40.5. The molecule has 2 rings (SSSR count). The second kappa shape index (κ2) is 22.0. The number of carbonyl (C=O) groups is 6. The monoisotopic (exact) mass is 761 g/mol. The smallest absolute Gasteiger partial charge is 0.326 e. The molecule has 0 saturated heterocycles. The molecule has 5 amide bonds. The highest BCUT2D eigenvalue weighted by atomic mass is 16.4. The fraction of sp³-hybridized carbons (Fsp3) is 0.559. The van der Waals surface area contributed by atoms with Gasteiger partial charge in [0.25, 0.3) is 0 Å². The van der Waals surface area contributed by atoms with Crippen LogP contribution in [0.25, 0.3) is 10.9 Å². The van der Waals surface area contributed by atoms with E-state index in [1.165, 1.54) is 20.8 Å². The van der Waals surface area contributed by atoms with E-state index in [0.717, 1.165) is 10.9 Å². The molecule has 0 fully saturated rings. The Morgan fingerprint density at radius 1 is 0.741 bits per heavy atom. The number of nitrogens with two attached hydrogens (primary N) is 4. The number of nitrogens with one attached hydrogen (secondary N) is 6. The number of hydrogen-bond acceptors (Lipinski definition) is 11. The van der Waals surface area contributed by atoms with Crippen molar-refractivity contribution >= 4 is 52.4 Å². The fourth-order valence-electron chi connectivity index (χ4n) is 5.40. The molecule has 0 aliphatic heterocycles. The van der Waals surface area contributed by atoms with Gasteiger partial charge in [-0.25, -0.2) is 4.79 Å². The first-order valence-electron chi connectivity index (χ1n) is 17.6. The lowest BCUT2D eigenvalue weighted by molar-refractivity contribution is -0.143. The predicted molar refractivity (Wildman–Crippen MR) is 199 cm³/mol. The summed E-state index contributed by atoms with van der Waals surface area (Å²) in [6, 6.07) is -0.979. The van der Waals surface area contributed by atoms with E-state index in [9.17, 15) is 44.1 Å². The lowest BCUT2D eigenvalue weighted by Crippen LogP contribution is -2.61. The summed E-state index contributed by atoms with van der Waals surface area (Å²) < 4.78 is 0. The number of amides is 5. The maximum absolute atomic E-state index is 14.0. The number of rotatable bonds is 23. The maximum Gasteiger partial charge on any atom is 0.326 e. The number of carbonyl (C=O) groups excluding carboxylic acids is 5. The van der Waals surface area contributed by atoms with Crippen LogP contribution in [-0.2, 0) is 35.2 Å². The van der Waals surface area contributed by atoms with Gasteiger partial charge in [0.05, 0.1) is 18.2 Å². The number of fused-ring (bicyclic) bond motifs is 1. The topological polar surface area (TPSA) is 355 Å². The van der Waals surface area contributed by atoms with Gasteiger partial charge in [0.1, 0.15) is 30.2 Å². The molecule has 0 unspecified atom stereocenters. The van der Waals surface area contributed by atoms with Gasteiger partial charge in [0, 0.05) is 30.1 Å². The molecule has 1 aromatic heterocycles. The average molecular weight is 762 g/mol. The molecule has 17 N–H and O–H groups in total. The third kappa shape index (κ3) is 14.3. The van der Waals surface area contributed by atoms with Gasteiger partial charge in [-0.05, 0) is 71.0 Å². The zero-order valence-corrected chi connectivity index (χ0v) is 30.7. The Kier molecular flexibility index (Phi) is 18.3. The summed E-state index contributed by atoms with van der Waals surface area (Å²) in [6.07, 6.45) is -0.346. The molecule has 0 saturated carbocycles. The molecular weight excluding hydrogens is 706 g/mol. The molecule has 1 aromatic carbocycles. The predicted octanol–water partition coefficient (Wildman–Crippen LogP) is -3.49. The van der Waals surface area contributed by atoms with Gasteiger partial charge >= 0.3 is 5.97 Å². The molecule has 0 bridgehead atoms. The summed E-state index contributed by atoms with van der Waals surface area (Å²) in [5, 5.41) is 43.5. The van der Waals surface area contributed by atoms with Gasteiger partial charge in [-0.3, -0.25) is 29.0 Å². The SMILES string of the molecule is C[C@H](N)C(=O)N[C@H](C(=O)N[C@@H](Cc1c[nH]c2ccccc12)C(=O)N[C@@H](CCCCN)C(=O)N[C@H](C(=O)N[C@@H](CCCN=C(N)N)C(=O)O)[C@@H](C)O)[C@@H](C)O. The number of aliphatic hydroxyl groups excluding tert-OH is 2. The van der Waals surface area contributed by atoms with Crippen LogP contribution < -0.4 is 49.5 Å². The van der Waals surface area contributed by atoms with Crippen LogP contribution in [0.15, 0.2) is 35.5 Å². The number of guanidine groups is 1. The van der Waals surface area contributed by atoms with Crippen LogP contribution in [0.1, 0.15) is 58.4 Å². The fourth-order valence-corrected chi connectivity index (χ4v) is 5.40. The molecule has 20 heteroatoms. The van der Waals surface area contributed by atoms with Crippen molar-refractivity contribution in [3.05, 3.63) is 36.0 Å². The summed E-state index contributed by atoms with van der Waals surface area (Å²) in [7, 11) is 0. The molecule has 0 radical (unpaired) electrons. The van der Waals surface area contributed by atoms with Gasteiger partial charge in [-0.15, -0.1) is 0 Å². The lowest BCUT2D eigenvalue weighted by Gasteiger charge is -2.28. The van der Waals surface area contributed by atoms with Crippen molar-refractivity contribution in [2.24, 2.45) is 27.9 Å². The standard InChI is InChI=1S/C34H55N11O9/c1-17(36)28(48)44-26(18(2)46)32(52)43-25(15-20-16-40-22-10-5-4-9-21(20)22)30(50)41-23(11-6-7-13-35)29(49)45-27(19(3)47)31(51)42-24(33(53)54)12-8-14-39-34(37)38/h4-5,9-10,16-19,23-27,40,46-47H,6-8,11-15,35-36H2,1-3H3,(H,41,50)(H,42,51)(H,43,52)(H,44,48)(H,45,49)(H,53,54)(H4,37,38,39)/t17-,18+,19+,23-,24-,25-,26-,27-/m0/s1. The first-order chi connectivity index (χ1) is 25.5. The van der Waals surface area contributed by atoms with E-state index < -0.39 is 84.0 Å². The van der Waals surface area contributed by atoms with Crippen LogP contribution in [-0.4, -0.2) is 123 Å². The second-order valence-electron chi connectivity index (χ2n) is 13.1. The number of aromatic nitrogens is 1. The zero-order valence-electron chi connectivity index (χ0n) is 30.7. The highest BCUT2D eigenvalue weighted by molar-refractivity contribution is 5.97. The molecule has 54 heavy (non-hydrogen) atoms. The van der Waals surface area contributed by atoms with Crippen LogP contribution >= 0.6 is 0 Å². The number of benzene rings is 1. The third-order valence-corrected chi connectivity index (χ3v) is 8.41. The van der Waals surface area contributed by atoms with E-state index in [-0.39, 0.29) is 44.7 Å². The minimum absolute atomic E-state index is 0.0277. The van der Waals surface area contributed by atoms with Crippen LogP contribution in [0.3, 0.4) is 0 Å². The average Bonchev–Trinajstić information content (AvgIpc) is 3.51. The van der Waals surface area contributed by atoms with Crippen molar-refractivity contribution in [2.45, 2.75) is 108 Å². The number of unbranched alkanes of at least 4 members (excludes halogenated alkanes) is 1. The Balaban J connectivity index is 2.37. The van der Waals surface area contributed by atoms with Crippen molar-refractivity contribution in [1.82, 2.24) is 31.6 Å². The summed E-state index contributed by atoms with van der Waals surface area (Å²) in [5.41, 5.74) is 23.3. The van der Waals surface area contributed by atoms with Crippen molar-refractivity contribution in [1.29, 1.82) is 0 Å². The molecule has 300 valence electrons. The lowest BCUT2D eigenvalue weighted by atomic mass is 10.0. The first kappa shape index (κ1) is 44.8. The maximum atomic E-state index is 14.0. The van der Waals surface area contributed by atoms with Gasteiger partial charge < -0.3 is 69.8 Å². The molecule has 0 aliphatic rings. The normalized spacial score (nSPS) is 15.6. The largest absolute Gasteiger partial charge is 0.480 e. The van der Waals surface area contributed by atoms with Crippen LogP contribution in [0, 0.1) is 0 Å². The number of aliphatic carboxylic acids is 1. The van der Waals surface area contributed by atoms with E-state index in [0.29, 0.717) is 18.4 Å². The highest BCUT2D eigenvalue weighted by Crippen LogP contribution is 2.19. The number of carboxylic acid groups (broad SMARTS) is 1. The number of hydrogen-bond donors (Lipinski definition) is 13. The van der Waals surface area contributed by atoms with E-state index in [2.05, 4.69) is 36.6 Å². The van der Waals surface area contributed by atoms with Crippen molar-refractivity contribution in [3.8, 4) is 0 Å². The third-order valence-electron chi connectivity index (χ3n) is 8.41. The summed E-state index contributed by atoms with van der Waals surface area (Å²) in [6.45, 7) is 4.26. The summed E-state index contributed by atoms with van der Waals surface area (Å²) >= 11 is 0. The van der Waals surface area contributed by atoms with Gasteiger partial charge in [0.15, 0.2) is 5.96 Å². The minimum Gasteiger partial charge on any atom is -0.480 e. The van der Waals surface area contributed by atoms with Crippen molar-refractivity contribution in [2.75, 3.05) is 13.1 Å². The Labute approximate surface area is 312 Å². The quantitative estimate of drug-likeness (QED) is 0.0298. The summed E-state index contributed by atoms with van der Waals surface area (Å²) in [4.78, 5) is 85.5. The Morgan fingerprint density at radius 2 is 1.28 bits per heavy atom. The van der Waals surface area contributed by atoms with E-state index in [1.807, 2.05) is 18.2 Å². The summed E-state index contributed by atoms with van der Waals surface area (Å²) in [5.74, 6) is -5.88. The Hall–Kier alpha value is -5.31. The van der Waals surface area contributed by atoms with E-state index in [4.69, 9.17) is 22.9 Å². The van der Waals surface area contributed by atoms with Gasteiger partial charge in [0.2, 0.25) is 29.5 Å². The van der Waals surface area contributed by atoms with E-state index >= 15 is 0 Å². The molecular formula is C34H55N11O9. The number of aromatic amines is 1. The number of carboxylic acids is 1. The molecule has 0 spiro atoms. The second-order valence-corrected chi connectivity index (χ2v) is 13.1. The minimum atomic E-state index is -1.63. The first-order valence-corrected chi connectivity index (χ1v) is 17.6. The van der Waals surface area contributed by atoms with Crippen LogP contribution in [0.2, 0.25) is 0 Å². The van der Waals surface area contributed by atoms with Crippen LogP contribution in [0.5, 0.6) is 0 Å². The van der Waals surface area contributed by atoms with Gasteiger partial charge in [-0.1, -0.05) is 18.2 Å². The molecule has 0 aliphatic carbocycles. The molecule has 8 atom stereocenters. The number of aliphatic hydroxyl groups is 2. The van der Waals surface area contributed by atoms with Gasteiger partial charge in [-0.2, -0.15) is 0 Å². The highest BCUT2D eigenvalue weighted by Gasteiger charge is 2.35. The molecule has 1 heterocycles. The van der Waals surface area contributed by atoms with Crippen molar-refractivity contribution < 1.29 is 44.1 Å². The van der Waals surface area contributed by atoms with Crippen LogP contribution in [0.4, 0.5) is 0 Å². The number of aliphatic imine (C=N–C) groups is 1. The Bertz CT molecular complexity index is 1610. The number of para-hydroxylation sites is 1. The number of H-pyrrole nitrogens is 1. The van der Waals surface area contributed by atoms with E-state index in [1.54, 1.807) is 12.3 Å². The Morgan fingerprint density at radius 3 is 1.83 bits per heavy atom.